The van der Waals surface area contributed by atoms with E-state index in [1.165, 1.54) is 7.11 Å². The number of hydrogen-bond donors (Lipinski definition) is 1. The summed E-state index contributed by atoms with van der Waals surface area (Å²) in [6.07, 6.45) is 0.826. The van der Waals surface area contributed by atoms with Gasteiger partial charge >= 0.3 is 5.97 Å². The van der Waals surface area contributed by atoms with Gasteiger partial charge in [-0.1, -0.05) is 37.3 Å². The van der Waals surface area contributed by atoms with Gasteiger partial charge in [0.15, 0.2) is 5.96 Å². The number of methoxy groups -OCH3 is 1. The molecule has 1 N–H and O–H groups in total. The Hall–Kier alpha value is -1.68. The van der Waals surface area contributed by atoms with Crippen LogP contribution >= 0.6 is 35.3 Å². The molecule has 0 radical (unpaired) electrons. The lowest BCUT2D eigenvalue weighted by molar-refractivity contribution is -0.145. The van der Waals surface area contributed by atoms with Crippen LogP contribution in [0.15, 0.2) is 40.7 Å². The number of ether oxygens (including phenoxy) is 1. The molecule has 152 valence electrons. The predicted octanol–water partition coefficient (Wildman–Crippen LogP) is 3.29. The largest absolute Gasteiger partial charge is 0.469 e. The molecule has 28 heavy (non-hydrogen) atoms. The standard InChI is InChI=1S/C20H26N4O2S.HI/c1-14-11-24(12-17(14)19(25)26-3)20(21-2)22-10-9-16-13-27-18(23-16)15-7-5-4-6-8-15;/h4-8,13-14,17H,9-12H2,1-3H3,(H,21,22);1H. The molecule has 1 aromatic heterocycles. The summed E-state index contributed by atoms with van der Waals surface area (Å²) in [6, 6.07) is 10.2. The van der Waals surface area contributed by atoms with E-state index in [1.807, 2.05) is 18.2 Å². The fraction of sp³-hybridized carbons (Fsp3) is 0.450. The van der Waals surface area contributed by atoms with E-state index in [1.54, 1.807) is 18.4 Å². The molecular formula is C20H27IN4O2S. The van der Waals surface area contributed by atoms with E-state index < -0.39 is 0 Å². The van der Waals surface area contributed by atoms with E-state index >= 15 is 0 Å². The molecule has 1 aliphatic rings. The molecule has 0 bridgehead atoms. The molecule has 0 spiro atoms. The van der Waals surface area contributed by atoms with Gasteiger partial charge in [0, 0.05) is 44.0 Å². The van der Waals surface area contributed by atoms with Gasteiger partial charge in [-0.05, 0) is 5.92 Å². The van der Waals surface area contributed by atoms with Crippen molar-refractivity contribution in [2.75, 3.05) is 33.8 Å². The Labute approximate surface area is 187 Å². The van der Waals surface area contributed by atoms with Crippen molar-refractivity contribution in [3.63, 3.8) is 0 Å². The van der Waals surface area contributed by atoms with Crippen LogP contribution in [0.4, 0.5) is 0 Å². The van der Waals surface area contributed by atoms with Crippen LogP contribution in [0.5, 0.6) is 0 Å². The zero-order valence-electron chi connectivity index (χ0n) is 16.4. The molecule has 3 rings (SSSR count). The smallest absolute Gasteiger partial charge is 0.310 e. The number of esters is 1. The third-order valence-electron chi connectivity index (χ3n) is 4.86. The first-order valence-electron chi connectivity index (χ1n) is 9.15. The fourth-order valence-corrected chi connectivity index (χ4v) is 4.23. The Bertz CT molecular complexity index is 797. The second kappa shape index (κ2) is 10.8. The molecule has 0 amide bonds. The van der Waals surface area contributed by atoms with Gasteiger partial charge in [0.25, 0.3) is 0 Å². The van der Waals surface area contributed by atoms with Gasteiger partial charge in [-0.15, -0.1) is 35.3 Å². The SMILES string of the molecule is CN=C(NCCc1csc(-c2ccccc2)n1)N1CC(C)C(C(=O)OC)C1.I. The molecular weight excluding hydrogens is 487 g/mol. The number of halogens is 1. The van der Waals surface area contributed by atoms with Crippen molar-refractivity contribution in [1.29, 1.82) is 0 Å². The summed E-state index contributed by atoms with van der Waals surface area (Å²) in [5.74, 6) is 0.839. The number of nitrogens with one attached hydrogen (secondary N) is 1. The Morgan fingerprint density at radius 2 is 2.11 bits per heavy atom. The molecule has 2 atom stereocenters. The number of guanidine groups is 1. The Kier molecular flexibility index (Phi) is 8.68. The first-order chi connectivity index (χ1) is 13.1. The number of likely N-dealkylation sites (tertiary alicyclic amines) is 1. The molecule has 0 saturated carbocycles. The minimum atomic E-state index is -0.142. The average Bonchev–Trinajstić information content (AvgIpc) is 3.32. The van der Waals surface area contributed by atoms with Crippen LogP contribution in [0.2, 0.25) is 0 Å². The van der Waals surface area contributed by atoms with Crippen LogP contribution in [0.3, 0.4) is 0 Å². The third-order valence-corrected chi connectivity index (χ3v) is 5.80. The average molecular weight is 514 g/mol. The minimum absolute atomic E-state index is 0. The summed E-state index contributed by atoms with van der Waals surface area (Å²) >= 11 is 1.67. The van der Waals surface area contributed by atoms with Crippen LogP contribution in [0.25, 0.3) is 10.6 Å². The van der Waals surface area contributed by atoms with E-state index in [0.29, 0.717) is 6.54 Å². The number of benzene rings is 1. The van der Waals surface area contributed by atoms with Crippen molar-refractivity contribution >= 4 is 47.2 Å². The molecule has 1 aliphatic heterocycles. The molecule has 1 fully saturated rings. The quantitative estimate of drug-likeness (QED) is 0.287. The minimum Gasteiger partial charge on any atom is -0.469 e. The molecule has 1 saturated heterocycles. The molecule has 2 aromatic rings. The van der Waals surface area contributed by atoms with Crippen molar-refractivity contribution < 1.29 is 9.53 Å². The van der Waals surface area contributed by atoms with Gasteiger partial charge in [-0.3, -0.25) is 9.79 Å². The van der Waals surface area contributed by atoms with Gasteiger partial charge < -0.3 is 15.0 Å². The molecule has 2 unspecified atom stereocenters. The highest BCUT2D eigenvalue weighted by molar-refractivity contribution is 14.0. The maximum absolute atomic E-state index is 11.9. The maximum atomic E-state index is 11.9. The van der Waals surface area contributed by atoms with Crippen molar-refractivity contribution in [2.24, 2.45) is 16.8 Å². The van der Waals surface area contributed by atoms with Crippen molar-refractivity contribution in [2.45, 2.75) is 13.3 Å². The lowest BCUT2D eigenvalue weighted by Gasteiger charge is -2.21. The number of carbonyl (C=O) groups excluding carboxylic acids is 1. The molecule has 8 heteroatoms. The Morgan fingerprint density at radius 3 is 2.79 bits per heavy atom. The van der Waals surface area contributed by atoms with E-state index in [9.17, 15) is 4.79 Å². The summed E-state index contributed by atoms with van der Waals surface area (Å²) in [4.78, 5) is 23.1. The second-order valence-corrected chi connectivity index (χ2v) is 7.60. The van der Waals surface area contributed by atoms with Gasteiger partial charge in [0.1, 0.15) is 5.01 Å². The highest BCUT2D eigenvalue weighted by atomic mass is 127. The van der Waals surface area contributed by atoms with E-state index in [4.69, 9.17) is 9.72 Å². The Morgan fingerprint density at radius 1 is 1.36 bits per heavy atom. The summed E-state index contributed by atoms with van der Waals surface area (Å²) in [5, 5.41) is 6.55. The molecule has 1 aromatic carbocycles. The first kappa shape index (κ1) is 22.6. The number of hydrogen-bond acceptors (Lipinski definition) is 5. The zero-order valence-corrected chi connectivity index (χ0v) is 19.6. The monoisotopic (exact) mass is 514 g/mol. The van der Waals surface area contributed by atoms with Gasteiger partial charge in [0.05, 0.1) is 18.7 Å². The maximum Gasteiger partial charge on any atom is 0.310 e. The molecule has 6 nitrogen and oxygen atoms in total. The lowest BCUT2D eigenvalue weighted by atomic mass is 9.99. The molecule has 0 aliphatic carbocycles. The van der Waals surface area contributed by atoms with Gasteiger partial charge in [-0.2, -0.15) is 0 Å². The topological polar surface area (TPSA) is 66.8 Å². The normalized spacial score (nSPS) is 19.2. The fourth-order valence-electron chi connectivity index (χ4n) is 3.37. The van der Waals surface area contributed by atoms with Crippen LogP contribution in [0.1, 0.15) is 12.6 Å². The number of aliphatic imine (C=N–C) groups is 1. The van der Waals surface area contributed by atoms with Gasteiger partial charge in [-0.25, -0.2) is 4.98 Å². The predicted molar refractivity (Wildman–Crippen MR) is 124 cm³/mol. The number of nitrogens with zero attached hydrogens (tertiary/aromatic N) is 3. The summed E-state index contributed by atoms with van der Waals surface area (Å²) in [7, 11) is 3.22. The number of rotatable bonds is 5. The van der Waals surface area contributed by atoms with E-state index in [2.05, 4.69) is 39.6 Å². The zero-order chi connectivity index (χ0) is 19.2. The first-order valence-corrected chi connectivity index (χ1v) is 10.0. The lowest BCUT2D eigenvalue weighted by Crippen LogP contribution is -2.41. The second-order valence-electron chi connectivity index (χ2n) is 6.75. The summed E-state index contributed by atoms with van der Waals surface area (Å²) in [5.41, 5.74) is 2.22. The highest BCUT2D eigenvalue weighted by Crippen LogP contribution is 2.25. The van der Waals surface area contributed by atoms with Crippen molar-refractivity contribution in [3.05, 3.63) is 41.4 Å². The number of thiazole rings is 1. The van der Waals surface area contributed by atoms with Crippen molar-refractivity contribution in [3.8, 4) is 10.6 Å². The van der Waals surface area contributed by atoms with Crippen LogP contribution in [-0.2, 0) is 16.0 Å². The molecule has 2 heterocycles. The van der Waals surface area contributed by atoms with E-state index in [-0.39, 0.29) is 41.8 Å². The number of carbonyl (C=O) groups is 1. The van der Waals surface area contributed by atoms with Gasteiger partial charge in [0.2, 0.25) is 0 Å². The van der Waals surface area contributed by atoms with E-state index in [0.717, 1.165) is 41.7 Å². The third kappa shape index (κ3) is 5.44. The van der Waals surface area contributed by atoms with Crippen LogP contribution in [0, 0.1) is 11.8 Å². The number of aromatic nitrogens is 1. The highest BCUT2D eigenvalue weighted by Gasteiger charge is 2.36. The Balaban J connectivity index is 0.00000280. The van der Waals surface area contributed by atoms with Crippen LogP contribution < -0.4 is 5.32 Å². The van der Waals surface area contributed by atoms with Crippen LogP contribution in [-0.4, -0.2) is 55.6 Å². The van der Waals surface area contributed by atoms with Crippen molar-refractivity contribution in [1.82, 2.24) is 15.2 Å². The summed E-state index contributed by atoms with van der Waals surface area (Å²) in [6.45, 7) is 4.27. The summed E-state index contributed by atoms with van der Waals surface area (Å²) < 4.78 is 4.91.